The van der Waals surface area contributed by atoms with Gasteiger partial charge in [-0.25, -0.2) is 0 Å². The molecule has 18 heavy (non-hydrogen) atoms. The summed E-state index contributed by atoms with van der Waals surface area (Å²) in [5, 5.41) is 11.4. The van der Waals surface area contributed by atoms with E-state index in [4.69, 9.17) is 0 Å². The zero-order chi connectivity index (χ0) is 12.8. The Kier molecular flexibility index (Phi) is 4.35. The van der Waals surface area contributed by atoms with Crippen LogP contribution in [-0.2, 0) is 11.3 Å². The molecule has 0 saturated carbocycles. The van der Waals surface area contributed by atoms with Crippen molar-refractivity contribution in [1.82, 2.24) is 14.8 Å². The minimum absolute atomic E-state index is 0.0446. The summed E-state index contributed by atoms with van der Waals surface area (Å²) in [7, 11) is 0. The van der Waals surface area contributed by atoms with E-state index in [2.05, 4.69) is 15.5 Å². The maximum atomic E-state index is 11.7. The molecule has 1 aromatic heterocycles. The second-order valence-corrected chi connectivity index (χ2v) is 4.54. The summed E-state index contributed by atoms with van der Waals surface area (Å²) in [5.41, 5.74) is 0.806. The number of nitrogens with one attached hydrogen (secondary N) is 1. The summed E-state index contributed by atoms with van der Waals surface area (Å²) in [4.78, 5) is 11.7. The third-order valence-electron chi connectivity index (χ3n) is 2.31. The Hall–Kier alpha value is -1.82. The van der Waals surface area contributed by atoms with Gasteiger partial charge in [-0.15, -0.1) is 10.2 Å². The molecule has 0 aliphatic heterocycles. The highest BCUT2D eigenvalue weighted by molar-refractivity contribution is 7.99. The summed E-state index contributed by atoms with van der Waals surface area (Å²) < 4.78 is 1.90. The van der Waals surface area contributed by atoms with E-state index < -0.39 is 0 Å². The van der Waals surface area contributed by atoms with E-state index in [0.717, 1.165) is 17.4 Å². The number of carbonyl (C=O) groups is 1. The molecule has 2 rings (SSSR count). The van der Waals surface area contributed by atoms with Gasteiger partial charge in [0.1, 0.15) is 6.33 Å². The zero-order valence-electron chi connectivity index (χ0n) is 10.0. The molecular weight excluding hydrogens is 248 g/mol. The molecule has 0 spiro atoms. The molecule has 2 aromatic rings. The molecule has 0 fully saturated rings. The number of anilines is 1. The number of carbonyl (C=O) groups excluding carboxylic acids is 1. The number of benzene rings is 1. The van der Waals surface area contributed by atoms with E-state index >= 15 is 0 Å². The van der Waals surface area contributed by atoms with Gasteiger partial charge in [-0.2, -0.15) is 0 Å². The van der Waals surface area contributed by atoms with Crippen molar-refractivity contribution >= 4 is 23.4 Å². The molecule has 94 valence electrons. The first kappa shape index (κ1) is 12.6. The normalized spacial score (nSPS) is 10.3. The summed E-state index contributed by atoms with van der Waals surface area (Å²) in [6.07, 6.45) is 1.66. The van der Waals surface area contributed by atoms with Crippen molar-refractivity contribution in [2.24, 2.45) is 0 Å². The molecule has 0 aliphatic carbocycles. The first-order chi connectivity index (χ1) is 8.79. The molecule has 0 saturated heterocycles. The highest BCUT2D eigenvalue weighted by Crippen LogP contribution is 2.15. The van der Waals surface area contributed by atoms with Crippen LogP contribution in [0, 0.1) is 0 Å². The Morgan fingerprint density at radius 2 is 2.17 bits per heavy atom. The van der Waals surface area contributed by atoms with Crippen LogP contribution in [0.5, 0.6) is 0 Å². The van der Waals surface area contributed by atoms with Gasteiger partial charge in [-0.3, -0.25) is 4.79 Å². The molecule has 0 aliphatic rings. The maximum Gasteiger partial charge on any atom is 0.234 e. The second kappa shape index (κ2) is 6.20. The zero-order valence-corrected chi connectivity index (χ0v) is 10.9. The van der Waals surface area contributed by atoms with Gasteiger partial charge in [0.25, 0.3) is 0 Å². The molecule has 6 heteroatoms. The smallest absolute Gasteiger partial charge is 0.234 e. The Labute approximate surface area is 110 Å². The Balaban J connectivity index is 1.85. The van der Waals surface area contributed by atoms with Crippen molar-refractivity contribution < 1.29 is 4.79 Å². The number of amides is 1. The van der Waals surface area contributed by atoms with Crippen LogP contribution in [0.2, 0.25) is 0 Å². The lowest BCUT2D eigenvalue weighted by molar-refractivity contribution is -0.113. The van der Waals surface area contributed by atoms with Crippen LogP contribution in [0.15, 0.2) is 41.8 Å². The first-order valence-corrected chi connectivity index (χ1v) is 6.63. The number of aromatic nitrogens is 3. The van der Waals surface area contributed by atoms with Crippen molar-refractivity contribution in [3.05, 3.63) is 36.7 Å². The molecule has 0 unspecified atom stereocenters. The molecule has 0 radical (unpaired) electrons. The van der Waals surface area contributed by atoms with Crippen molar-refractivity contribution in [3.63, 3.8) is 0 Å². The van der Waals surface area contributed by atoms with E-state index in [1.165, 1.54) is 11.8 Å². The molecular formula is C12H14N4OS. The molecule has 0 bridgehead atoms. The number of aryl methyl sites for hydroxylation is 1. The SMILES string of the molecule is CCn1cnnc1SCC(=O)Nc1ccccc1. The minimum atomic E-state index is -0.0446. The predicted molar refractivity (Wildman–Crippen MR) is 71.5 cm³/mol. The van der Waals surface area contributed by atoms with E-state index in [-0.39, 0.29) is 5.91 Å². The van der Waals surface area contributed by atoms with Gasteiger partial charge < -0.3 is 9.88 Å². The van der Waals surface area contributed by atoms with E-state index in [9.17, 15) is 4.79 Å². The van der Waals surface area contributed by atoms with Crippen LogP contribution in [0.4, 0.5) is 5.69 Å². The number of nitrogens with zero attached hydrogens (tertiary/aromatic N) is 3. The van der Waals surface area contributed by atoms with Crippen molar-refractivity contribution in [2.45, 2.75) is 18.6 Å². The average Bonchev–Trinajstić information content (AvgIpc) is 2.85. The highest BCUT2D eigenvalue weighted by Gasteiger charge is 2.07. The van der Waals surface area contributed by atoms with Crippen molar-refractivity contribution in [3.8, 4) is 0 Å². The highest BCUT2D eigenvalue weighted by atomic mass is 32.2. The van der Waals surface area contributed by atoms with Gasteiger partial charge in [0.05, 0.1) is 5.75 Å². The number of rotatable bonds is 5. The number of para-hydroxylation sites is 1. The van der Waals surface area contributed by atoms with Crippen LogP contribution in [0.1, 0.15) is 6.92 Å². The predicted octanol–water partition coefficient (Wildman–Crippen LogP) is 2.03. The Morgan fingerprint density at radius 1 is 1.39 bits per heavy atom. The Morgan fingerprint density at radius 3 is 2.89 bits per heavy atom. The van der Waals surface area contributed by atoms with E-state index in [0.29, 0.717) is 5.75 Å². The van der Waals surface area contributed by atoms with Gasteiger partial charge in [0, 0.05) is 12.2 Å². The van der Waals surface area contributed by atoms with Crippen LogP contribution in [0.25, 0.3) is 0 Å². The van der Waals surface area contributed by atoms with E-state index in [1.54, 1.807) is 6.33 Å². The lowest BCUT2D eigenvalue weighted by atomic mass is 10.3. The Bertz CT molecular complexity index is 512. The molecule has 1 aromatic carbocycles. The molecule has 1 amide bonds. The monoisotopic (exact) mass is 262 g/mol. The fourth-order valence-corrected chi connectivity index (χ4v) is 2.20. The number of hydrogen-bond acceptors (Lipinski definition) is 4. The third-order valence-corrected chi connectivity index (χ3v) is 3.29. The second-order valence-electron chi connectivity index (χ2n) is 3.60. The standard InChI is InChI=1S/C12H14N4OS/c1-2-16-9-13-15-12(16)18-8-11(17)14-10-6-4-3-5-7-10/h3-7,9H,2,8H2,1H3,(H,14,17). The summed E-state index contributed by atoms with van der Waals surface area (Å²) in [6, 6.07) is 9.40. The fourth-order valence-electron chi connectivity index (χ4n) is 1.42. The summed E-state index contributed by atoms with van der Waals surface area (Å²) in [6.45, 7) is 2.81. The largest absolute Gasteiger partial charge is 0.325 e. The van der Waals surface area contributed by atoms with Crippen LogP contribution in [0.3, 0.4) is 0 Å². The topological polar surface area (TPSA) is 59.8 Å². The minimum Gasteiger partial charge on any atom is -0.325 e. The summed E-state index contributed by atoms with van der Waals surface area (Å²) >= 11 is 1.38. The van der Waals surface area contributed by atoms with Gasteiger partial charge in [-0.1, -0.05) is 30.0 Å². The van der Waals surface area contributed by atoms with Crippen molar-refractivity contribution in [1.29, 1.82) is 0 Å². The van der Waals surface area contributed by atoms with Gasteiger partial charge in [-0.05, 0) is 19.1 Å². The molecule has 0 atom stereocenters. The molecule has 1 N–H and O–H groups in total. The number of hydrogen-bond donors (Lipinski definition) is 1. The third kappa shape index (κ3) is 3.33. The maximum absolute atomic E-state index is 11.7. The summed E-state index contributed by atoms with van der Waals surface area (Å²) in [5.74, 6) is 0.282. The quantitative estimate of drug-likeness (QED) is 0.838. The molecule has 5 nitrogen and oxygen atoms in total. The van der Waals surface area contributed by atoms with Gasteiger partial charge >= 0.3 is 0 Å². The first-order valence-electron chi connectivity index (χ1n) is 5.65. The average molecular weight is 262 g/mol. The van der Waals surface area contributed by atoms with Crippen LogP contribution < -0.4 is 5.32 Å². The molecule has 1 heterocycles. The lowest BCUT2D eigenvalue weighted by Crippen LogP contribution is -2.14. The van der Waals surface area contributed by atoms with Crippen molar-refractivity contribution in [2.75, 3.05) is 11.1 Å². The lowest BCUT2D eigenvalue weighted by Gasteiger charge is -2.05. The number of thioether (sulfide) groups is 1. The fraction of sp³-hybridized carbons (Fsp3) is 0.250. The van der Waals surface area contributed by atoms with Gasteiger partial charge in [0.15, 0.2) is 5.16 Å². The van der Waals surface area contributed by atoms with Gasteiger partial charge in [0.2, 0.25) is 5.91 Å². The van der Waals surface area contributed by atoms with E-state index in [1.807, 2.05) is 41.8 Å². The van der Waals surface area contributed by atoms with Crippen LogP contribution >= 0.6 is 11.8 Å². The van der Waals surface area contributed by atoms with Crippen LogP contribution in [-0.4, -0.2) is 26.4 Å².